The van der Waals surface area contributed by atoms with Crippen molar-refractivity contribution in [2.75, 3.05) is 0 Å². The molecule has 0 unspecified atom stereocenters. The van der Waals surface area contributed by atoms with Gasteiger partial charge in [-0.15, -0.1) is 0 Å². The third-order valence-corrected chi connectivity index (χ3v) is 2.86. The zero-order chi connectivity index (χ0) is 15.2. The summed E-state index contributed by atoms with van der Waals surface area (Å²) in [7, 11) is 0. The molecule has 0 spiro atoms. The standard InChI is InChI=1S/C15H13NO5/c1-11-4-2-3-5-12(11)10-20-15(17)21-14-8-6-13(7-9-14)16(18)19/h2-9H,10H2,1H3. The van der Waals surface area contributed by atoms with Crippen LogP contribution >= 0.6 is 0 Å². The number of aryl methyl sites for hydroxylation is 1. The van der Waals surface area contributed by atoms with Gasteiger partial charge in [-0.2, -0.15) is 0 Å². The SMILES string of the molecule is Cc1ccccc1COC(=O)Oc1ccc([N+](=O)[O-])cc1. The second-order valence-electron chi connectivity index (χ2n) is 4.32. The molecule has 0 aromatic heterocycles. The fourth-order valence-electron chi connectivity index (χ4n) is 1.67. The number of nitro benzene ring substituents is 1. The van der Waals surface area contributed by atoms with E-state index in [0.29, 0.717) is 0 Å². The Kier molecular flexibility index (Phi) is 4.50. The normalized spacial score (nSPS) is 9.95. The van der Waals surface area contributed by atoms with E-state index >= 15 is 0 Å². The van der Waals surface area contributed by atoms with Crippen molar-refractivity contribution in [1.29, 1.82) is 0 Å². The van der Waals surface area contributed by atoms with Gasteiger partial charge in [0.25, 0.3) is 5.69 Å². The first-order valence-corrected chi connectivity index (χ1v) is 6.20. The van der Waals surface area contributed by atoms with Crippen molar-refractivity contribution >= 4 is 11.8 Å². The molecule has 21 heavy (non-hydrogen) atoms. The van der Waals surface area contributed by atoms with Crippen LogP contribution in [0.1, 0.15) is 11.1 Å². The molecule has 0 bridgehead atoms. The highest BCUT2D eigenvalue weighted by molar-refractivity contribution is 5.64. The molecule has 0 aliphatic rings. The summed E-state index contributed by atoms with van der Waals surface area (Å²) in [5.41, 5.74) is 1.83. The summed E-state index contributed by atoms with van der Waals surface area (Å²) in [5, 5.41) is 10.5. The van der Waals surface area contributed by atoms with Gasteiger partial charge in [-0.05, 0) is 30.2 Å². The van der Waals surface area contributed by atoms with Crippen LogP contribution in [0.25, 0.3) is 0 Å². The first-order chi connectivity index (χ1) is 10.1. The van der Waals surface area contributed by atoms with E-state index in [1.807, 2.05) is 31.2 Å². The fraction of sp³-hybridized carbons (Fsp3) is 0.133. The lowest BCUT2D eigenvalue weighted by Gasteiger charge is -2.07. The number of rotatable bonds is 4. The van der Waals surface area contributed by atoms with E-state index in [4.69, 9.17) is 9.47 Å². The zero-order valence-corrected chi connectivity index (χ0v) is 11.3. The molecule has 0 saturated heterocycles. The van der Waals surface area contributed by atoms with E-state index in [1.165, 1.54) is 24.3 Å². The zero-order valence-electron chi connectivity index (χ0n) is 11.3. The van der Waals surface area contributed by atoms with E-state index in [0.717, 1.165) is 11.1 Å². The van der Waals surface area contributed by atoms with Crippen LogP contribution in [0.2, 0.25) is 0 Å². The minimum absolute atomic E-state index is 0.0735. The summed E-state index contributed by atoms with van der Waals surface area (Å²) >= 11 is 0. The van der Waals surface area contributed by atoms with Crippen LogP contribution in [0.5, 0.6) is 5.75 Å². The molecule has 0 fully saturated rings. The van der Waals surface area contributed by atoms with Gasteiger partial charge in [-0.3, -0.25) is 10.1 Å². The largest absolute Gasteiger partial charge is 0.514 e. The number of nitrogens with zero attached hydrogens (tertiary/aromatic N) is 1. The molecular weight excluding hydrogens is 274 g/mol. The first kappa shape index (κ1) is 14.5. The number of nitro groups is 1. The van der Waals surface area contributed by atoms with Crippen LogP contribution in [-0.4, -0.2) is 11.1 Å². The molecule has 2 aromatic carbocycles. The van der Waals surface area contributed by atoms with Gasteiger partial charge in [-0.25, -0.2) is 4.79 Å². The summed E-state index contributed by atoms with van der Waals surface area (Å²) in [4.78, 5) is 21.5. The van der Waals surface area contributed by atoms with Crippen LogP contribution in [0.3, 0.4) is 0 Å². The van der Waals surface area contributed by atoms with Crippen molar-refractivity contribution in [3.8, 4) is 5.75 Å². The van der Waals surface area contributed by atoms with Gasteiger partial charge in [0.1, 0.15) is 12.4 Å². The quantitative estimate of drug-likeness (QED) is 0.371. The molecule has 0 aliphatic heterocycles. The number of non-ortho nitro benzene ring substituents is 1. The molecule has 0 aliphatic carbocycles. The highest BCUT2D eigenvalue weighted by Gasteiger charge is 2.09. The van der Waals surface area contributed by atoms with E-state index < -0.39 is 11.1 Å². The van der Waals surface area contributed by atoms with Crippen molar-refractivity contribution < 1.29 is 19.2 Å². The summed E-state index contributed by atoms with van der Waals surface area (Å²) in [6.45, 7) is 2.03. The maximum absolute atomic E-state index is 11.5. The van der Waals surface area contributed by atoms with Gasteiger partial charge in [0.2, 0.25) is 0 Å². The molecule has 108 valence electrons. The van der Waals surface area contributed by atoms with Crippen LogP contribution in [0.4, 0.5) is 10.5 Å². The Labute approximate surface area is 121 Å². The third-order valence-electron chi connectivity index (χ3n) is 2.86. The molecule has 0 N–H and O–H groups in total. The lowest BCUT2D eigenvalue weighted by atomic mass is 10.1. The van der Waals surface area contributed by atoms with Crippen molar-refractivity contribution in [2.24, 2.45) is 0 Å². The summed E-state index contributed by atoms with van der Waals surface area (Å²) in [6, 6.07) is 12.7. The third kappa shape index (κ3) is 4.04. The minimum Gasteiger partial charge on any atom is -0.429 e. The molecule has 0 amide bonds. The van der Waals surface area contributed by atoms with Crippen molar-refractivity contribution in [1.82, 2.24) is 0 Å². The van der Waals surface area contributed by atoms with E-state index in [-0.39, 0.29) is 18.0 Å². The molecule has 2 rings (SSSR count). The Balaban J connectivity index is 1.90. The Bertz CT molecular complexity index is 651. The average Bonchev–Trinajstić information content (AvgIpc) is 2.47. The molecule has 0 atom stereocenters. The molecule has 6 nitrogen and oxygen atoms in total. The van der Waals surface area contributed by atoms with Gasteiger partial charge in [0.15, 0.2) is 0 Å². The molecule has 0 heterocycles. The van der Waals surface area contributed by atoms with E-state index in [1.54, 1.807) is 0 Å². The van der Waals surface area contributed by atoms with Crippen molar-refractivity contribution in [3.05, 3.63) is 69.8 Å². The Morgan fingerprint density at radius 3 is 2.43 bits per heavy atom. The Morgan fingerprint density at radius 1 is 1.14 bits per heavy atom. The predicted octanol–water partition coefficient (Wildman–Crippen LogP) is 3.62. The molecule has 2 aromatic rings. The highest BCUT2D eigenvalue weighted by Crippen LogP contribution is 2.18. The number of hydrogen-bond acceptors (Lipinski definition) is 5. The Morgan fingerprint density at radius 2 is 1.81 bits per heavy atom. The number of ether oxygens (including phenoxy) is 2. The van der Waals surface area contributed by atoms with Gasteiger partial charge < -0.3 is 9.47 Å². The Hall–Kier alpha value is -2.89. The topological polar surface area (TPSA) is 78.7 Å². The van der Waals surface area contributed by atoms with Crippen molar-refractivity contribution in [3.63, 3.8) is 0 Å². The smallest absolute Gasteiger partial charge is 0.429 e. The molecule has 6 heteroatoms. The lowest BCUT2D eigenvalue weighted by Crippen LogP contribution is -2.10. The monoisotopic (exact) mass is 287 g/mol. The molecule has 0 saturated carbocycles. The molecule has 0 radical (unpaired) electrons. The fourth-order valence-corrected chi connectivity index (χ4v) is 1.67. The van der Waals surface area contributed by atoms with E-state index in [2.05, 4.69) is 0 Å². The maximum atomic E-state index is 11.5. The number of carbonyl (C=O) groups excluding carboxylic acids is 1. The minimum atomic E-state index is -0.855. The predicted molar refractivity (Wildman–Crippen MR) is 75.1 cm³/mol. The second-order valence-corrected chi connectivity index (χ2v) is 4.32. The van der Waals surface area contributed by atoms with E-state index in [9.17, 15) is 14.9 Å². The van der Waals surface area contributed by atoms with Crippen LogP contribution in [0.15, 0.2) is 48.5 Å². The number of hydrogen-bond donors (Lipinski definition) is 0. The van der Waals surface area contributed by atoms with Gasteiger partial charge in [-0.1, -0.05) is 24.3 Å². The molecular formula is C15H13NO5. The first-order valence-electron chi connectivity index (χ1n) is 6.20. The van der Waals surface area contributed by atoms with Gasteiger partial charge >= 0.3 is 6.16 Å². The van der Waals surface area contributed by atoms with Crippen LogP contribution in [0, 0.1) is 17.0 Å². The summed E-state index contributed by atoms with van der Waals surface area (Å²) < 4.78 is 9.92. The summed E-state index contributed by atoms with van der Waals surface area (Å²) in [6.07, 6.45) is -0.855. The van der Waals surface area contributed by atoms with Gasteiger partial charge in [0, 0.05) is 12.1 Å². The maximum Gasteiger partial charge on any atom is 0.514 e. The van der Waals surface area contributed by atoms with Gasteiger partial charge in [0.05, 0.1) is 4.92 Å². The number of benzene rings is 2. The second kappa shape index (κ2) is 6.51. The lowest BCUT2D eigenvalue weighted by molar-refractivity contribution is -0.384. The van der Waals surface area contributed by atoms with Crippen molar-refractivity contribution in [2.45, 2.75) is 13.5 Å². The number of carbonyl (C=O) groups is 1. The average molecular weight is 287 g/mol. The highest BCUT2D eigenvalue weighted by atomic mass is 16.7. The summed E-state index contributed by atoms with van der Waals surface area (Å²) in [5.74, 6) is 0.190. The van der Waals surface area contributed by atoms with Crippen LogP contribution < -0.4 is 4.74 Å². The van der Waals surface area contributed by atoms with Crippen LogP contribution in [-0.2, 0) is 11.3 Å².